The molecule has 3 aromatic rings. The first kappa shape index (κ1) is 30.8. The molecule has 0 unspecified atom stereocenters. The first-order chi connectivity index (χ1) is 19.0. The minimum absolute atomic E-state index is 0.139. The van der Waals surface area contributed by atoms with Gasteiger partial charge in [-0.25, -0.2) is 4.98 Å². The minimum Gasteiger partial charge on any atom is -0.405 e. The molecule has 11 heteroatoms. The van der Waals surface area contributed by atoms with Crippen molar-refractivity contribution in [3.05, 3.63) is 116 Å². The van der Waals surface area contributed by atoms with Gasteiger partial charge in [0.25, 0.3) is 5.56 Å². The first-order valence-electron chi connectivity index (χ1n) is 12.1. The van der Waals surface area contributed by atoms with Crippen molar-refractivity contribution in [3.63, 3.8) is 0 Å². The van der Waals surface area contributed by atoms with Crippen LogP contribution < -0.4 is 10.9 Å². The van der Waals surface area contributed by atoms with Crippen LogP contribution in [-0.2, 0) is 10.5 Å². The largest absolute Gasteiger partial charge is 0.573 e. The van der Waals surface area contributed by atoms with Gasteiger partial charge in [-0.3, -0.25) is 9.59 Å². The maximum absolute atomic E-state index is 12.9. The summed E-state index contributed by atoms with van der Waals surface area (Å²) in [7, 11) is 1.82. The van der Waals surface area contributed by atoms with Gasteiger partial charge in [-0.2, -0.15) is 0 Å². The lowest BCUT2D eigenvalue weighted by molar-refractivity contribution is -0.302. The summed E-state index contributed by atoms with van der Waals surface area (Å²) in [5.74, 6) is 0.138. The number of benzene rings is 2. The first-order valence-corrected chi connectivity index (χ1v) is 13.4. The van der Waals surface area contributed by atoms with Crippen molar-refractivity contribution in [3.8, 4) is 0 Å². The summed E-state index contributed by atoms with van der Waals surface area (Å²) < 4.78 is 42.8. The van der Waals surface area contributed by atoms with Gasteiger partial charge in [-0.05, 0) is 61.7 Å². The molecule has 1 heterocycles. The Balaban J connectivity index is 0.000000371. The van der Waals surface area contributed by atoms with Gasteiger partial charge < -0.3 is 15.0 Å². The van der Waals surface area contributed by atoms with Crippen molar-refractivity contribution in [1.29, 1.82) is 0 Å². The molecule has 1 aliphatic rings. The molecule has 2 aromatic carbocycles. The van der Waals surface area contributed by atoms with Crippen molar-refractivity contribution in [2.24, 2.45) is 0 Å². The number of aldehydes is 1. The van der Waals surface area contributed by atoms with E-state index >= 15 is 0 Å². The van der Waals surface area contributed by atoms with Gasteiger partial charge in [0.1, 0.15) is 12.0 Å². The summed E-state index contributed by atoms with van der Waals surface area (Å²) in [5, 5.41) is 4.07. The van der Waals surface area contributed by atoms with Crippen LogP contribution in [0.5, 0.6) is 0 Å². The molecule has 0 radical (unpaired) electrons. The molecule has 0 saturated heterocycles. The van der Waals surface area contributed by atoms with E-state index in [0.717, 1.165) is 23.1 Å². The third kappa shape index (κ3) is 8.89. The van der Waals surface area contributed by atoms with Gasteiger partial charge in [0.05, 0.1) is 5.69 Å². The van der Waals surface area contributed by atoms with Gasteiger partial charge in [-0.15, -0.1) is 13.2 Å². The lowest BCUT2D eigenvalue weighted by Crippen LogP contribution is -2.18. The third-order valence-corrected chi connectivity index (χ3v) is 7.00. The Labute approximate surface area is 239 Å². The number of aryl methyl sites for hydroxylation is 1. The summed E-state index contributed by atoms with van der Waals surface area (Å²) in [6.07, 6.45) is 2.32. The number of allylic oxidation sites excluding steroid dienone is 5. The number of thioether (sulfide) groups is 1. The molecule has 0 spiro atoms. The Morgan fingerprint density at radius 1 is 1.20 bits per heavy atom. The second kappa shape index (κ2) is 14.0. The number of rotatable bonds is 7. The lowest BCUT2D eigenvalue weighted by atomic mass is 10.1. The van der Waals surface area contributed by atoms with Crippen LogP contribution in [0.4, 0.5) is 18.9 Å². The van der Waals surface area contributed by atoms with Crippen LogP contribution in [-0.4, -0.2) is 29.7 Å². The molecule has 0 saturated carbocycles. The molecule has 0 aliphatic heterocycles. The van der Waals surface area contributed by atoms with Crippen LogP contribution in [0, 0.1) is 13.8 Å². The standard InChI is InChI=1S/C21H20F3N3O2S.C8H7ClO/c1-13-18(16-9-4-3-5-10-17(16)29-21(22,23)24)26-20(27-19(13)28)30-12-14-7-6-8-15(11-14)25-2;1-6-4-7(5-10)2-3-8(6)9/h3,5-11,25H,4,12H2,1-2H3,(H,26,27,28);2-5H,1H3. The highest BCUT2D eigenvalue weighted by molar-refractivity contribution is 7.98. The Hall–Kier alpha value is -3.76. The Morgan fingerprint density at radius 3 is 2.65 bits per heavy atom. The second-order valence-electron chi connectivity index (χ2n) is 8.57. The number of carbonyl (C=O) groups excluding carboxylic acids is 1. The van der Waals surface area contributed by atoms with Crippen LogP contribution in [0.25, 0.3) is 5.57 Å². The molecule has 1 aromatic heterocycles. The maximum atomic E-state index is 12.9. The van der Waals surface area contributed by atoms with E-state index in [4.69, 9.17) is 11.6 Å². The van der Waals surface area contributed by atoms with Crippen LogP contribution >= 0.6 is 23.4 Å². The molecule has 0 amide bonds. The molecular weight excluding hydrogens is 563 g/mol. The van der Waals surface area contributed by atoms with E-state index in [-0.39, 0.29) is 16.8 Å². The maximum Gasteiger partial charge on any atom is 0.573 e. The number of alkyl halides is 3. The van der Waals surface area contributed by atoms with Gasteiger partial charge in [0, 0.05) is 40.2 Å². The van der Waals surface area contributed by atoms with E-state index in [1.54, 1.807) is 30.4 Å². The molecule has 2 N–H and O–H groups in total. The second-order valence-corrected chi connectivity index (χ2v) is 9.94. The van der Waals surface area contributed by atoms with Crippen LogP contribution in [0.1, 0.15) is 39.2 Å². The fourth-order valence-corrected chi connectivity index (χ4v) is 4.51. The minimum atomic E-state index is -4.85. The summed E-state index contributed by atoms with van der Waals surface area (Å²) in [6.45, 7) is 3.39. The third-order valence-electron chi connectivity index (χ3n) is 5.63. The van der Waals surface area contributed by atoms with Crippen LogP contribution in [0.15, 0.2) is 82.5 Å². The predicted octanol–water partition coefficient (Wildman–Crippen LogP) is 7.64. The fraction of sp³-hybridized carbons (Fsp3) is 0.207. The number of hydrogen-bond donors (Lipinski definition) is 2. The average Bonchev–Trinajstić information content (AvgIpc) is 3.15. The molecular formula is C29H27ClF3N3O3S. The number of anilines is 1. The van der Waals surface area contributed by atoms with Crippen molar-refractivity contribution in [1.82, 2.24) is 9.97 Å². The molecule has 40 heavy (non-hydrogen) atoms. The van der Waals surface area contributed by atoms with Crippen LogP contribution in [0.2, 0.25) is 5.02 Å². The van der Waals surface area contributed by atoms with E-state index < -0.39 is 17.7 Å². The van der Waals surface area contributed by atoms with Gasteiger partial charge in [0.15, 0.2) is 5.16 Å². The summed E-state index contributed by atoms with van der Waals surface area (Å²) in [4.78, 5) is 29.8. The number of hydrogen-bond acceptors (Lipinski definition) is 6. The molecule has 210 valence electrons. The number of halogens is 4. The predicted molar refractivity (Wildman–Crippen MR) is 154 cm³/mol. The van der Waals surface area contributed by atoms with Crippen LogP contribution in [0.3, 0.4) is 0 Å². The Bertz CT molecular complexity index is 1510. The van der Waals surface area contributed by atoms with Gasteiger partial charge >= 0.3 is 6.36 Å². The van der Waals surface area contributed by atoms with Gasteiger partial charge in [-0.1, -0.05) is 59.8 Å². The number of ether oxygens (including phenoxy) is 1. The Kier molecular flexibility index (Phi) is 10.8. The zero-order chi connectivity index (χ0) is 29.3. The van der Waals surface area contributed by atoms with E-state index in [1.807, 2.05) is 38.2 Å². The summed E-state index contributed by atoms with van der Waals surface area (Å²) >= 11 is 7.02. The smallest absolute Gasteiger partial charge is 0.405 e. The molecule has 0 atom stereocenters. The van der Waals surface area contributed by atoms with Crippen molar-refractivity contribution >= 4 is 40.9 Å². The highest BCUT2D eigenvalue weighted by Crippen LogP contribution is 2.33. The van der Waals surface area contributed by atoms with Gasteiger partial charge in [0.2, 0.25) is 0 Å². The fourth-order valence-electron chi connectivity index (χ4n) is 3.59. The number of aromatic amines is 1. The van der Waals surface area contributed by atoms with Crippen molar-refractivity contribution in [2.75, 3.05) is 12.4 Å². The van der Waals surface area contributed by atoms with Crippen molar-refractivity contribution in [2.45, 2.75) is 37.5 Å². The number of aromatic nitrogens is 2. The molecule has 0 fully saturated rings. The van der Waals surface area contributed by atoms with E-state index in [9.17, 15) is 22.8 Å². The van der Waals surface area contributed by atoms with E-state index in [0.29, 0.717) is 27.9 Å². The summed E-state index contributed by atoms with van der Waals surface area (Å²) in [6, 6.07) is 12.9. The highest BCUT2D eigenvalue weighted by Gasteiger charge is 2.34. The molecule has 1 aliphatic carbocycles. The highest BCUT2D eigenvalue weighted by atomic mass is 35.5. The lowest BCUT2D eigenvalue weighted by Gasteiger charge is -2.16. The number of nitrogens with zero attached hydrogens (tertiary/aromatic N) is 1. The number of nitrogens with one attached hydrogen (secondary N) is 2. The molecule has 6 nitrogen and oxygen atoms in total. The average molecular weight is 590 g/mol. The monoisotopic (exact) mass is 589 g/mol. The Morgan fingerprint density at radius 2 is 1.98 bits per heavy atom. The SMILES string of the molecule is CNc1cccc(CSc2nc(C3=CCC=CC=C3OC(F)(F)F)c(C)c(=O)[nH]2)c1.Cc1cc(C=O)ccc1Cl. The quantitative estimate of drug-likeness (QED) is 0.167. The molecule has 4 rings (SSSR count). The number of H-pyrrole nitrogens is 1. The van der Waals surface area contributed by atoms with Crippen molar-refractivity contribution < 1.29 is 22.7 Å². The summed E-state index contributed by atoms with van der Waals surface area (Å²) in [5.41, 5.74) is 3.69. The zero-order valence-corrected chi connectivity index (χ0v) is 23.5. The zero-order valence-electron chi connectivity index (χ0n) is 21.9. The van der Waals surface area contributed by atoms with E-state index in [2.05, 4.69) is 20.0 Å². The molecule has 0 bridgehead atoms. The number of carbonyl (C=O) groups is 1. The topological polar surface area (TPSA) is 84.1 Å². The normalized spacial score (nSPS) is 12.9. The van der Waals surface area contributed by atoms with E-state index in [1.165, 1.54) is 30.8 Å².